The molecule has 0 bridgehead atoms. The van der Waals surface area contributed by atoms with Gasteiger partial charge >= 0.3 is 6.16 Å². The van der Waals surface area contributed by atoms with Crippen molar-refractivity contribution in [2.45, 2.75) is 39.4 Å². The highest BCUT2D eigenvalue weighted by Crippen LogP contribution is 2.09. The van der Waals surface area contributed by atoms with Gasteiger partial charge in [-0.25, -0.2) is 4.79 Å². The second kappa shape index (κ2) is 5.47. The summed E-state index contributed by atoms with van der Waals surface area (Å²) in [6, 6.07) is 0. The first-order chi connectivity index (χ1) is 6.39. The molecule has 0 saturated carbocycles. The fraction of sp³-hybridized carbons (Fsp3) is 0.545. The van der Waals surface area contributed by atoms with Crippen molar-refractivity contribution in [1.29, 1.82) is 0 Å². The van der Waals surface area contributed by atoms with Crippen LogP contribution in [-0.4, -0.2) is 17.9 Å². The predicted octanol–water partition coefficient (Wildman–Crippen LogP) is 3.07. The minimum Gasteiger partial charge on any atom is -0.429 e. The van der Waals surface area contributed by atoms with Gasteiger partial charge in [0.05, 0.1) is 0 Å². The minimum absolute atomic E-state index is 0.421. The summed E-state index contributed by atoms with van der Waals surface area (Å²) in [6.07, 6.45) is 3.94. The highest BCUT2D eigenvalue weighted by Gasteiger charge is 2.18. The fourth-order valence-electron chi connectivity index (χ4n) is 0.741. The Kier molecular flexibility index (Phi) is 4.99. The van der Waals surface area contributed by atoms with E-state index in [9.17, 15) is 4.79 Å². The van der Waals surface area contributed by atoms with Gasteiger partial charge in [-0.2, -0.15) is 0 Å². The SMILES string of the molecule is C=C[C@@H](/C=C/C)OC(=O)OC(C)(C)C. The lowest BCUT2D eigenvalue weighted by molar-refractivity contribution is -0.0116. The number of carbonyl (C=O) groups is 1. The topological polar surface area (TPSA) is 35.5 Å². The molecule has 0 aliphatic heterocycles. The Morgan fingerprint density at radius 2 is 2.00 bits per heavy atom. The summed E-state index contributed by atoms with van der Waals surface area (Å²) >= 11 is 0. The Balaban J connectivity index is 4.10. The maximum absolute atomic E-state index is 11.2. The molecule has 0 aliphatic carbocycles. The van der Waals surface area contributed by atoms with E-state index in [-0.39, 0.29) is 0 Å². The van der Waals surface area contributed by atoms with Crippen LogP contribution in [0.2, 0.25) is 0 Å². The van der Waals surface area contributed by atoms with Crippen LogP contribution in [0.25, 0.3) is 0 Å². The number of allylic oxidation sites excluding steroid dienone is 1. The van der Waals surface area contributed by atoms with E-state index in [2.05, 4.69) is 6.58 Å². The van der Waals surface area contributed by atoms with E-state index >= 15 is 0 Å². The molecule has 0 fully saturated rings. The largest absolute Gasteiger partial charge is 0.509 e. The van der Waals surface area contributed by atoms with Gasteiger partial charge < -0.3 is 9.47 Å². The van der Waals surface area contributed by atoms with E-state index in [4.69, 9.17) is 9.47 Å². The van der Waals surface area contributed by atoms with Gasteiger partial charge in [0.25, 0.3) is 0 Å². The molecule has 0 aromatic rings. The first-order valence-corrected chi connectivity index (χ1v) is 4.54. The smallest absolute Gasteiger partial charge is 0.429 e. The molecule has 0 spiro atoms. The average Bonchev–Trinajstić information content (AvgIpc) is 2.00. The van der Waals surface area contributed by atoms with Gasteiger partial charge in [-0.3, -0.25) is 0 Å². The summed E-state index contributed by atoms with van der Waals surface area (Å²) in [6.45, 7) is 10.7. The molecular formula is C11H18O3. The predicted molar refractivity (Wildman–Crippen MR) is 56.1 cm³/mol. The minimum atomic E-state index is -0.680. The Hall–Kier alpha value is -1.25. The normalized spacial score (nSPS) is 13.7. The molecule has 1 atom stereocenters. The summed E-state index contributed by atoms with van der Waals surface area (Å²) in [4.78, 5) is 11.2. The molecule has 0 heterocycles. The van der Waals surface area contributed by atoms with E-state index in [0.29, 0.717) is 0 Å². The maximum Gasteiger partial charge on any atom is 0.509 e. The van der Waals surface area contributed by atoms with Gasteiger partial charge in [0, 0.05) is 0 Å². The second-order valence-corrected chi connectivity index (χ2v) is 3.81. The van der Waals surface area contributed by atoms with Crippen molar-refractivity contribution in [3.8, 4) is 0 Å². The number of ether oxygens (including phenoxy) is 2. The van der Waals surface area contributed by atoms with Crippen molar-refractivity contribution in [2.75, 3.05) is 0 Å². The molecule has 0 saturated heterocycles. The van der Waals surface area contributed by atoms with Crippen LogP contribution in [0, 0.1) is 0 Å². The van der Waals surface area contributed by atoms with E-state index < -0.39 is 17.9 Å². The molecule has 0 aromatic carbocycles. The van der Waals surface area contributed by atoms with Gasteiger partial charge in [-0.1, -0.05) is 12.7 Å². The lowest BCUT2D eigenvalue weighted by Crippen LogP contribution is -2.26. The molecule has 0 amide bonds. The van der Waals surface area contributed by atoms with Crippen LogP contribution >= 0.6 is 0 Å². The van der Waals surface area contributed by atoms with Crippen LogP contribution < -0.4 is 0 Å². The van der Waals surface area contributed by atoms with Gasteiger partial charge in [0.15, 0.2) is 0 Å². The summed E-state index contributed by atoms with van der Waals surface area (Å²) in [5, 5.41) is 0. The molecule has 0 radical (unpaired) electrons. The van der Waals surface area contributed by atoms with Crippen molar-refractivity contribution >= 4 is 6.16 Å². The zero-order valence-corrected chi connectivity index (χ0v) is 9.24. The van der Waals surface area contributed by atoms with Crippen molar-refractivity contribution < 1.29 is 14.3 Å². The van der Waals surface area contributed by atoms with E-state index in [1.165, 1.54) is 6.08 Å². The highest BCUT2D eigenvalue weighted by atomic mass is 16.7. The summed E-state index contributed by atoms with van der Waals surface area (Å²) in [7, 11) is 0. The van der Waals surface area contributed by atoms with Gasteiger partial charge in [0.2, 0.25) is 0 Å². The van der Waals surface area contributed by atoms with E-state index in [0.717, 1.165) is 0 Å². The molecule has 3 nitrogen and oxygen atoms in total. The lowest BCUT2D eigenvalue weighted by Gasteiger charge is -2.20. The second-order valence-electron chi connectivity index (χ2n) is 3.81. The van der Waals surface area contributed by atoms with Crippen LogP contribution in [0.3, 0.4) is 0 Å². The Labute approximate surface area is 85.4 Å². The number of hydrogen-bond donors (Lipinski definition) is 0. The average molecular weight is 198 g/mol. The van der Waals surface area contributed by atoms with Gasteiger partial charge in [-0.05, 0) is 39.8 Å². The third-order valence-corrected chi connectivity index (χ3v) is 1.24. The first kappa shape index (κ1) is 12.8. The van der Waals surface area contributed by atoms with Crippen LogP contribution in [0.5, 0.6) is 0 Å². The molecule has 0 aromatic heterocycles. The first-order valence-electron chi connectivity index (χ1n) is 4.54. The molecular weight excluding hydrogens is 180 g/mol. The molecule has 0 aliphatic rings. The zero-order chi connectivity index (χ0) is 11.2. The third kappa shape index (κ3) is 6.29. The van der Waals surface area contributed by atoms with Gasteiger partial charge in [-0.15, -0.1) is 0 Å². The highest BCUT2D eigenvalue weighted by molar-refractivity contribution is 5.61. The van der Waals surface area contributed by atoms with Crippen LogP contribution in [0.4, 0.5) is 4.79 Å². The number of carbonyl (C=O) groups excluding carboxylic acids is 1. The van der Waals surface area contributed by atoms with Crippen molar-refractivity contribution in [3.63, 3.8) is 0 Å². The summed E-state index contributed by atoms with van der Waals surface area (Å²) < 4.78 is 9.92. The monoisotopic (exact) mass is 198 g/mol. The molecule has 0 rings (SSSR count). The number of rotatable bonds is 3. The molecule has 80 valence electrons. The summed E-state index contributed by atoms with van der Waals surface area (Å²) in [5.41, 5.74) is -0.529. The van der Waals surface area contributed by atoms with Gasteiger partial charge in [0.1, 0.15) is 11.7 Å². The molecule has 0 N–H and O–H groups in total. The van der Waals surface area contributed by atoms with Crippen LogP contribution in [-0.2, 0) is 9.47 Å². The van der Waals surface area contributed by atoms with Crippen molar-refractivity contribution in [1.82, 2.24) is 0 Å². The zero-order valence-electron chi connectivity index (χ0n) is 9.24. The fourth-order valence-corrected chi connectivity index (χ4v) is 0.741. The summed E-state index contributed by atoms with van der Waals surface area (Å²) in [5.74, 6) is 0. The third-order valence-electron chi connectivity index (χ3n) is 1.24. The number of hydrogen-bond acceptors (Lipinski definition) is 3. The molecule has 14 heavy (non-hydrogen) atoms. The lowest BCUT2D eigenvalue weighted by atomic mass is 10.2. The standard InChI is InChI=1S/C11H18O3/c1-6-8-9(7-2)13-10(12)14-11(3,4)5/h6-9H,2H2,1,3-5H3/b8-6+/t9-/m0/s1. The Bertz CT molecular complexity index is 223. The Morgan fingerprint density at radius 1 is 1.43 bits per heavy atom. The van der Waals surface area contributed by atoms with Crippen molar-refractivity contribution in [2.24, 2.45) is 0 Å². The van der Waals surface area contributed by atoms with E-state index in [1.807, 2.05) is 6.92 Å². The molecule has 3 heteroatoms. The van der Waals surface area contributed by atoms with Crippen molar-refractivity contribution in [3.05, 3.63) is 24.8 Å². The quantitative estimate of drug-likeness (QED) is 0.516. The Morgan fingerprint density at radius 3 is 2.36 bits per heavy atom. The van der Waals surface area contributed by atoms with E-state index in [1.54, 1.807) is 32.9 Å². The van der Waals surface area contributed by atoms with Crippen LogP contribution in [0.15, 0.2) is 24.8 Å². The maximum atomic E-state index is 11.2. The molecule has 0 unspecified atom stereocenters. The van der Waals surface area contributed by atoms with Crippen LogP contribution in [0.1, 0.15) is 27.7 Å².